The molecule has 0 saturated carbocycles. The number of nitrogens with one attached hydrogen (secondary N) is 1. The molecule has 0 bridgehead atoms. The van der Waals surface area contributed by atoms with Crippen LogP contribution in [0.2, 0.25) is 0 Å². The van der Waals surface area contributed by atoms with E-state index in [1.807, 2.05) is 6.07 Å². The van der Waals surface area contributed by atoms with Crippen molar-refractivity contribution in [2.45, 2.75) is 0 Å². The standard InChI is InChI=1S/C13H18N2.2ClH/c1-2-5-13(6-3-1)7-4-10-15-11-8-14-9-12-15;;/h1-7,14H,8-12H2;2*1H/b7-4-;;. The van der Waals surface area contributed by atoms with Crippen molar-refractivity contribution in [3.05, 3.63) is 42.0 Å². The molecule has 0 aromatic heterocycles. The minimum absolute atomic E-state index is 0. The van der Waals surface area contributed by atoms with E-state index in [2.05, 4.69) is 46.6 Å². The van der Waals surface area contributed by atoms with Gasteiger partial charge in [-0.3, -0.25) is 4.90 Å². The minimum atomic E-state index is 0. The first kappa shape index (κ1) is 16.5. The highest BCUT2D eigenvalue weighted by Gasteiger charge is 2.06. The Morgan fingerprint density at radius 1 is 1.06 bits per heavy atom. The van der Waals surface area contributed by atoms with Crippen LogP contribution >= 0.6 is 24.8 Å². The average molecular weight is 275 g/mol. The number of halogens is 2. The normalized spacial score (nSPS) is 16.2. The van der Waals surface area contributed by atoms with E-state index in [1.54, 1.807) is 0 Å². The van der Waals surface area contributed by atoms with Crippen molar-refractivity contribution in [1.82, 2.24) is 10.2 Å². The Morgan fingerprint density at radius 3 is 2.35 bits per heavy atom. The average Bonchev–Trinajstić information content (AvgIpc) is 2.32. The molecule has 1 aromatic carbocycles. The van der Waals surface area contributed by atoms with E-state index in [9.17, 15) is 0 Å². The second kappa shape index (κ2) is 9.49. The molecule has 1 saturated heterocycles. The minimum Gasteiger partial charge on any atom is -0.314 e. The van der Waals surface area contributed by atoms with E-state index in [1.165, 1.54) is 18.7 Å². The first-order chi connectivity index (χ1) is 7.45. The SMILES string of the molecule is C(=C/c1ccccc1)/CN1CCNCC1.Cl.Cl. The van der Waals surface area contributed by atoms with Gasteiger partial charge in [0.2, 0.25) is 0 Å². The fourth-order valence-electron chi connectivity index (χ4n) is 1.80. The third-order valence-corrected chi connectivity index (χ3v) is 2.68. The number of hydrogen-bond acceptors (Lipinski definition) is 2. The van der Waals surface area contributed by atoms with Gasteiger partial charge in [-0.05, 0) is 5.56 Å². The summed E-state index contributed by atoms with van der Waals surface area (Å²) in [4.78, 5) is 2.47. The Hall–Kier alpha value is -0.540. The molecule has 1 heterocycles. The van der Waals surface area contributed by atoms with E-state index < -0.39 is 0 Å². The molecule has 0 spiro atoms. The number of piperazine rings is 1. The van der Waals surface area contributed by atoms with Crippen molar-refractivity contribution in [3.63, 3.8) is 0 Å². The lowest BCUT2D eigenvalue weighted by molar-refractivity contribution is 0.265. The summed E-state index contributed by atoms with van der Waals surface area (Å²) in [5.74, 6) is 0. The number of nitrogens with zero attached hydrogens (tertiary/aromatic N) is 1. The molecule has 4 heteroatoms. The zero-order chi connectivity index (χ0) is 10.3. The molecule has 1 N–H and O–H groups in total. The number of hydrogen-bond donors (Lipinski definition) is 1. The maximum atomic E-state index is 3.36. The molecule has 2 rings (SSSR count). The Labute approximate surface area is 116 Å². The third kappa shape index (κ3) is 6.08. The molecule has 0 unspecified atom stereocenters. The van der Waals surface area contributed by atoms with Crippen molar-refractivity contribution in [3.8, 4) is 0 Å². The van der Waals surface area contributed by atoms with Crippen molar-refractivity contribution in [1.29, 1.82) is 0 Å². The van der Waals surface area contributed by atoms with Crippen LogP contribution in [-0.2, 0) is 0 Å². The van der Waals surface area contributed by atoms with E-state index in [4.69, 9.17) is 0 Å². The van der Waals surface area contributed by atoms with Crippen molar-refractivity contribution >= 4 is 30.9 Å². The van der Waals surface area contributed by atoms with Crippen LogP contribution in [0.25, 0.3) is 6.08 Å². The van der Waals surface area contributed by atoms with Crippen molar-refractivity contribution in [2.75, 3.05) is 32.7 Å². The lowest BCUT2D eigenvalue weighted by atomic mass is 10.2. The number of rotatable bonds is 3. The fourth-order valence-corrected chi connectivity index (χ4v) is 1.80. The molecular weight excluding hydrogens is 255 g/mol. The summed E-state index contributed by atoms with van der Waals surface area (Å²) in [6, 6.07) is 10.5. The first-order valence-corrected chi connectivity index (χ1v) is 5.60. The van der Waals surface area contributed by atoms with Crippen LogP contribution in [-0.4, -0.2) is 37.6 Å². The second-order valence-corrected chi connectivity index (χ2v) is 3.86. The van der Waals surface area contributed by atoms with Crippen LogP contribution < -0.4 is 5.32 Å². The first-order valence-electron chi connectivity index (χ1n) is 5.60. The summed E-state index contributed by atoms with van der Waals surface area (Å²) >= 11 is 0. The van der Waals surface area contributed by atoms with Gasteiger partial charge in [0.05, 0.1) is 0 Å². The lowest BCUT2D eigenvalue weighted by Gasteiger charge is -2.25. The Kier molecular flexibility index (Phi) is 9.18. The summed E-state index contributed by atoms with van der Waals surface area (Å²) in [7, 11) is 0. The van der Waals surface area contributed by atoms with Gasteiger partial charge in [-0.2, -0.15) is 0 Å². The van der Waals surface area contributed by atoms with E-state index in [0.717, 1.165) is 19.6 Å². The van der Waals surface area contributed by atoms with Gasteiger partial charge in [-0.1, -0.05) is 42.5 Å². The Balaban J connectivity index is 0.00000128. The number of benzene rings is 1. The lowest BCUT2D eigenvalue weighted by Crippen LogP contribution is -2.43. The molecule has 0 radical (unpaired) electrons. The van der Waals surface area contributed by atoms with Crippen molar-refractivity contribution < 1.29 is 0 Å². The van der Waals surface area contributed by atoms with Gasteiger partial charge in [0.25, 0.3) is 0 Å². The topological polar surface area (TPSA) is 15.3 Å². The molecular formula is C13H20Cl2N2. The van der Waals surface area contributed by atoms with Crippen LogP contribution in [0.1, 0.15) is 5.56 Å². The quantitative estimate of drug-likeness (QED) is 0.911. The molecule has 1 aliphatic heterocycles. The molecule has 0 amide bonds. The zero-order valence-electron chi connectivity index (χ0n) is 9.84. The molecule has 1 aromatic rings. The second-order valence-electron chi connectivity index (χ2n) is 3.86. The van der Waals surface area contributed by atoms with Gasteiger partial charge < -0.3 is 5.32 Å². The molecule has 17 heavy (non-hydrogen) atoms. The van der Waals surface area contributed by atoms with Crippen molar-refractivity contribution in [2.24, 2.45) is 0 Å². The molecule has 2 nitrogen and oxygen atoms in total. The molecule has 1 fully saturated rings. The largest absolute Gasteiger partial charge is 0.314 e. The highest BCUT2D eigenvalue weighted by atomic mass is 35.5. The maximum Gasteiger partial charge on any atom is 0.0167 e. The van der Waals surface area contributed by atoms with Crippen LogP contribution in [0.4, 0.5) is 0 Å². The Morgan fingerprint density at radius 2 is 1.71 bits per heavy atom. The van der Waals surface area contributed by atoms with Crippen LogP contribution in [0, 0.1) is 0 Å². The van der Waals surface area contributed by atoms with Gasteiger partial charge >= 0.3 is 0 Å². The molecule has 96 valence electrons. The summed E-state index contributed by atoms with van der Waals surface area (Å²) in [5, 5.41) is 3.36. The van der Waals surface area contributed by atoms with Gasteiger partial charge in [-0.25, -0.2) is 0 Å². The van der Waals surface area contributed by atoms with Gasteiger partial charge in [0, 0.05) is 32.7 Å². The predicted molar refractivity (Wildman–Crippen MR) is 79.3 cm³/mol. The highest BCUT2D eigenvalue weighted by molar-refractivity contribution is 5.85. The van der Waals surface area contributed by atoms with Gasteiger partial charge in [0.15, 0.2) is 0 Å². The maximum absolute atomic E-state index is 3.36. The summed E-state index contributed by atoms with van der Waals surface area (Å²) in [6.45, 7) is 5.65. The predicted octanol–water partition coefficient (Wildman–Crippen LogP) is 2.45. The third-order valence-electron chi connectivity index (χ3n) is 2.68. The monoisotopic (exact) mass is 274 g/mol. The van der Waals surface area contributed by atoms with Crippen LogP contribution in [0.5, 0.6) is 0 Å². The van der Waals surface area contributed by atoms with Crippen LogP contribution in [0.3, 0.4) is 0 Å². The summed E-state index contributed by atoms with van der Waals surface area (Å²) < 4.78 is 0. The zero-order valence-corrected chi connectivity index (χ0v) is 11.5. The fraction of sp³-hybridized carbons (Fsp3) is 0.385. The molecule has 0 aliphatic carbocycles. The van der Waals surface area contributed by atoms with E-state index in [-0.39, 0.29) is 24.8 Å². The van der Waals surface area contributed by atoms with E-state index >= 15 is 0 Å². The van der Waals surface area contributed by atoms with Gasteiger partial charge in [-0.15, -0.1) is 24.8 Å². The smallest absolute Gasteiger partial charge is 0.0167 e. The summed E-state index contributed by atoms with van der Waals surface area (Å²) in [5.41, 5.74) is 1.28. The molecule has 1 aliphatic rings. The van der Waals surface area contributed by atoms with Crippen LogP contribution in [0.15, 0.2) is 36.4 Å². The molecule has 0 atom stereocenters. The summed E-state index contributed by atoms with van der Waals surface area (Å²) in [6.07, 6.45) is 4.45. The van der Waals surface area contributed by atoms with Gasteiger partial charge in [0.1, 0.15) is 0 Å². The Bertz CT molecular complexity index is 308. The highest BCUT2D eigenvalue weighted by Crippen LogP contribution is 2.01. The van der Waals surface area contributed by atoms with E-state index in [0.29, 0.717) is 0 Å².